The summed E-state index contributed by atoms with van der Waals surface area (Å²) in [5, 5.41) is 41.8. The molecule has 8 nitrogen and oxygen atoms in total. The van der Waals surface area contributed by atoms with Gasteiger partial charge in [0.15, 0.2) is 12.1 Å². The Hall–Kier alpha value is -1.32. The third-order valence-corrected chi connectivity index (χ3v) is 9.98. The van der Waals surface area contributed by atoms with Crippen LogP contribution < -0.4 is 5.11 Å². The fourth-order valence-electron chi connectivity index (χ4n) is 8.05. The molecule has 11 atom stereocenters. The maximum Gasteiger partial charge on any atom is 0.187 e. The first-order valence-corrected chi connectivity index (χ1v) is 12.4. The number of carbonyl (C=O) groups excluding carboxylic acids is 2. The molecule has 3 saturated carbocycles. The van der Waals surface area contributed by atoms with E-state index in [0.717, 1.165) is 44.9 Å². The Bertz CT molecular complexity index is 855. The molecule has 4 aliphatic carbocycles. The van der Waals surface area contributed by atoms with Crippen molar-refractivity contribution in [2.45, 2.75) is 102 Å². The molecule has 0 aromatic carbocycles. The van der Waals surface area contributed by atoms with Gasteiger partial charge < -0.3 is 34.7 Å². The minimum absolute atomic E-state index is 0.0851. The van der Waals surface area contributed by atoms with E-state index in [2.05, 4.69) is 13.8 Å². The van der Waals surface area contributed by atoms with E-state index in [0.29, 0.717) is 24.2 Å². The van der Waals surface area contributed by atoms with E-state index in [9.17, 15) is 30.0 Å². The fourth-order valence-corrected chi connectivity index (χ4v) is 8.05. The number of allylic oxidation sites excluding steroid dienone is 1. The molecular formula is C25H35O8-. The first-order valence-electron chi connectivity index (χ1n) is 12.4. The first kappa shape index (κ1) is 23.4. The molecular weight excluding hydrogens is 428 g/mol. The average Bonchev–Trinajstić information content (AvgIpc) is 3.10. The Morgan fingerprint density at radius 1 is 1.03 bits per heavy atom. The lowest BCUT2D eigenvalue weighted by Crippen LogP contribution is -2.63. The number of carboxylic acid groups (broad SMARTS) is 1. The van der Waals surface area contributed by atoms with Gasteiger partial charge in [0.05, 0.1) is 12.1 Å². The zero-order valence-electron chi connectivity index (χ0n) is 19.3. The number of hydrogen-bond acceptors (Lipinski definition) is 8. The van der Waals surface area contributed by atoms with E-state index in [4.69, 9.17) is 9.47 Å². The number of aliphatic hydroxyl groups is 3. The second-order valence-corrected chi connectivity index (χ2v) is 11.4. The molecule has 0 aromatic rings. The van der Waals surface area contributed by atoms with Gasteiger partial charge >= 0.3 is 0 Å². The number of aliphatic carboxylic acids is 1. The van der Waals surface area contributed by atoms with Gasteiger partial charge in [0.2, 0.25) is 0 Å². The fraction of sp³-hybridized carbons (Fsp3) is 0.840. The summed E-state index contributed by atoms with van der Waals surface area (Å²) in [4.78, 5) is 23.4. The quantitative estimate of drug-likeness (QED) is 0.549. The monoisotopic (exact) mass is 463 g/mol. The Morgan fingerprint density at radius 3 is 2.52 bits per heavy atom. The van der Waals surface area contributed by atoms with Crippen molar-refractivity contribution in [2.75, 3.05) is 0 Å². The maximum atomic E-state index is 12.0. The largest absolute Gasteiger partial charge is 0.547 e. The predicted molar refractivity (Wildman–Crippen MR) is 113 cm³/mol. The van der Waals surface area contributed by atoms with Gasteiger partial charge in [0.25, 0.3) is 0 Å². The number of carbonyl (C=O) groups is 2. The van der Waals surface area contributed by atoms with Gasteiger partial charge in [0.1, 0.15) is 24.4 Å². The molecule has 1 heterocycles. The Balaban J connectivity index is 1.34. The highest BCUT2D eigenvalue weighted by molar-refractivity contribution is 5.91. The number of hydrogen-bond donors (Lipinski definition) is 3. The second-order valence-electron chi connectivity index (χ2n) is 11.4. The minimum Gasteiger partial charge on any atom is -0.547 e. The van der Waals surface area contributed by atoms with E-state index in [1.807, 2.05) is 6.08 Å². The third-order valence-electron chi connectivity index (χ3n) is 9.98. The molecule has 5 rings (SSSR count). The molecule has 1 saturated heterocycles. The maximum absolute atomic E-state index is 12.0. The normalized spacial score (nSPS) is 51.8. The summed E-state index contributed by atoms with van der Waals surface area (Å²) < 4.78 is 11.5. The van der Waals surface area contributed by atoms with Crippen molar-refractivity contribution in [3.63, 3.8) is 0 Å². The highest BCUT2D eigenvalue weighted by Gasteiger charge is 2.60. The summed E-state index contributed by atoms with van der Waals surface area (Å²) in [6.07, 6.45) is 0.854. The van der Waals surface area contributed by atoms with Gasteiger partial charge in [-0.2, -0.15) is 0 Å². The molecule has 0 radical (unpaired) electrons. The zero-order chi connectivity index (χ0) is 23.7. The van der Waals surface area contributed by atoms with Crippen LogP contribution in [0, 0.1) is 28.6 Å². The summed E-state index contributed by atoms with van der Waals surface area (Å²) in [5.41, 5.74) is 1.26. The van der Waals surface area contributed by atoms with Crippen molar-refractivity contribution >= 4 is 11.8 Å². The lowest BCUT2D eigenvalue weighted by molar-refractivity contribution is -0.355. The number of aliphatic hydroxyl groups excluding tert-OH is 3. The van der Waals surface area contributed by atoms with Crippen molar-refractivity contribution in [2.24, 2.45) is 28.6 Å². The molecule has 0 aromatic heterocycles. The van der Waals surface area contributed by atoms with Crippen molar-refractivity contribution in [3.8, 4) is 0 Å². The molecule has 33 heavy (non-hydrogen) atoms. The molecule has 1 aliphatic heterocycles. The highest BCUT2D eigenvalue weighted by atomic mass is 16.7. The van der Waals surface area contributed by atoms with Gasteiger partial charge in [-0.1, -0.05) is 19.4 Å². The predicted octanol–water partition coefficient (Wildman–Crippen LogP) is 0.461. The number of ether oxygens (including phenoxy) is 2. The van der Waals surface area contributed by atoms with Crippen molar-refractivity contribution in [3.05, 3.63) is 11.6 Å². The van der Waals surface area contributed by atoms with Crippen molar-refractivity contribution in [1.82, 2.24) is 0 Å². The number of carboxylic acids is 1. The number of rotatable bonds is 3. The van der Waals surface area contributed by atoms with Crippen molar-refractivity contribution in [1.29, 1.82) is 0 Å². The summed E-state index contributed by atoms with van der Waals surface area (Å²) in [5.74, 6) is 0.115. The summed E-state index contributed by atoms with van der Waals surface area (Å²) in [6, 6.07) is 0. The van der Waals surface area contributed by atoms with Gasteiger partial charge in [-0.05, 0) is 79.6 Å². The zero-order valence-corrected chi connectivity index (χ0v) is 19.3. The van der Waals surface area contributed by atoms with Gasteiger partial charge in [-0.25, -0.2) is 0 Å². The number of fused-ring (bicyclic) bond motifs is 5. The molecule has 0 amide bonds. The Kier molecular flexibility index (Phi) is 5.77. The van der Waals surface area contributed by atoms with E-state index in [1.54, 1.807) is 0 Å². The Morgan fingerprint density at radius 2 is 1.79 bits per heavy atom. The van der Waals surface area contributed by atoms with Crippen LogP contribution in [-0.2, 0) is 19.1 Å². The topological polar surface area (TPSA) is 136 Å². The standard InChI is InChI=1S/C25H36O8/c1-24-9-7-13(26)11-12(24)3-4-14-15-5-6-17(25(15,2)10-8-16(14)24)32-23-20(29)18(27)19(28)21(33-23)22(30)31/h11,14-21,23,27-29H,3-10H2,1-2H3,(H,30,31)/p-1/t14-,15-,16-,17-,18-,19-,20+,21-,23+,24-,25-/m0/s1. The van der Waals surface area contributed by atoms with Crippen LogP contribution >= 0.6 is 0 Å². The van der Waals surface area contributed by atoms with E-state index >= 15 is 0 Å². The van der Waals surface area contributed by atoms with Crippen LogP contribution in [0.5, 0.6) is 0 Å². The van der Waals surface area contributed by atoms with Crippen LogP contribution in [0.25, 0.3) is 0 Å². The van der Waals surface area contributed by atoms with Gasteiger partial charge in [-0.3, -0.25) is 4.79 Å². The lowest BCUT2D eigenvalue weighted by Gasteiger charge is -2.58. The lowest BCUT2D eigenvalue weighted by atomic mass is 9.47. The minimum atomic E-state index is -1.78. The summed E-state index contributed by atoms with van der Waals surface area (Å²) in [6.45, 7) is 4.56. The molecule has 4 fully saturated rings. The molecule has 0 unspecified atom stereocenters. The summed E-state index contributed by atoms with van der Waals surface area (Å²) >= 11 is 0. The third kappa shape index (κ3) is 3.52. The van der Waals surface area contributed by atoms with Gasteiger partial charge in [0, 0.05) is 6.42 Å². The molecule has 0 bridgehead atoms. The SMILES string of the molecule is C[C@]12CC[C@H]3[C@@H](CCC4=CC(=O)CC[C@@]43C)[C@@H]1CC[C@@H]2O[C@@H]1O[C@H](C(=O)[O-])[C@@H](O)[C@H](O)[C@H]1O. The molecule has 8 heteroatoms. The molecule has 184 valence electrons. The second kappa shape index (κ2) is 8.12. The van der Waals surface area contributed by atoms with E-state index < -0.39 is 36.7 Å². The van der Waals surface area contributed by atoms with Crippen LogP contribution in [0.4, 0.5) is 0 Å². The smallest absolute Gasteiger partial charge is 0.187 e. The number of ketones is 1. The van der Waals surface area contributed by atoms with Crippen LogP contribution in [0.15, 0.2) is 11.6 Å². The van der Waals surface area contributed by atoms with Crippen LogP contribution in [0.3, 0.4) is 0 Å². The van der Waals surface area contributed by atoms with Crippen LogP contribution in [0.1, 0.15) is 65.2 Å². The summed E-state index contributed by atoms with van der Waals surface area (Å²) in [7, 11) is 0. The molecule has 3 N–H and O–H groups in total. The molecule has 0 spiro atoms. The highest BCUT2D eigenvalue weighted by Crippen LogP contribution is 2.65. The first-order chi connectivity index (χ1) is 15.6. The van der Waals surface area contributed by atoms with Crippen LogP contribution in [0.2, 0.25) is 0 Å². The Labute approximate surface area is 194 Å². The average molecular weight is 464 g/mol. The van der Waals surface area contributed by atoms with E-state index in [-0.39, 0.29) is 22.7 Å². The van der Waals surface area contributed by atoms with Gasteiger partial charge in [-0.15, -0.1) is 0 Å². The van der Waals surface area contributed by atoms with Crippen LogP contribution in [-0.4, -0.2) is 63.9 Å². The van der Waals surface area contributed by atoms with E-state index in [1.165, 1.54) is 5.57 Å². The molecule has 5 aliphatic rings. The van der Waals surface area contributed by atoms with Crippen molar-refractivity contribution < 1.29 is 39.5 Å².